The van der Waals surface area contributed by atoms with Crippen molar-refractivity contribution in [3.63, 3.8) is 0 Å². The van der Waals surface area contributed by atoms with Crippen LogP contribution >= 0.6 is 33.9 Å². The maximum atomic E-state index is 6.04. The Morgan fingerprint density at radius 3 is 2.82 bits per heavy atom. The van der Waals surface area contributed by atoms with Crippen molar-refractivity contribution in [1.29, 1.82) is 0 Å². The zero-order chi connectivity index (χ0) is 19.5. The van der Waals surface area contributed by atoms with Crippen LogP contribution in [0.3, 0.4) is 0 Å². The van der Waals surface area contributed by atoms with Gasteiger partial charge < -0.3 is 15.4 Å². The Morgan fingerprint density at radius 2 is 2.04 bits per heavy atom. The normalized spacial score (nSPS) is 15.6. The van der Waals surface area contributed by atoms with Gasteiger partial charge in [-0.2, -0.15) is 0 Å². The molecule has 0 unspecified atom stereocenters. The standard InChI is InChI=1S/C21H23IN4OS/c1-26-7-5-15(6-8-26)21-25-12-19(28-21)16-10-18(20(23)24-11-16)27-13-14-3-2-4-17(22)9-14/h2-4,9-12,15H,5-8,13H2,1H3,(H2,23,24). The second-order valence-electron chi connectivity index (χ2n) is 7.17. The molecule has 0 aliphatic carbocycles. The van der Waals surface area contributed by atoms with Gasteiger partial charge in [-0.15, -0.1) is 11.3 Å². The van der Waals surface area contributed by atoms with Gasteiger partial charge in [0.05, 0.1) is 9.88 Å². The van der Waals surface area contributed by atoms with Crippen molar-refractivity contribution in [3.05, 3.63) is 56.9 Å². The summed E-state index contributed by atoms with van der Waals surface area (Å²) in [6.07, 6.45) is 6.11. The second-order valence-corrected chi connectivity index (χ2v) is 9.47. The number of aromatic nitrogens is 2. The zero-order valence-corrected chi connectivity index (χ0v) is 18.7. The lowest BCUT2D eigenvalue weighted by molar-refractivity contribution is 0.255. The van der Waals surface area contributed by atoms with Crippen molar-refractivity contribution in [2.45, 2.75) is 25.4 Å². The quantitative estimate of drug-likeness (QED) is 0.505. The number of benzene rings is 1. The van der Waals surface area contributed by atoms with Gasteiger partial charge in [0, 0.05) is 27.4 Å². The molecule has 2 aromatic heterocycles. The first-order valence-electron chi connectivity index (χ1n) is 9.36. The molecule has 0 radical (unpaired) electrons. The summed E-state index contributed by atoms with van der Waals surface area (Å²) >= 11 is 4.06. The van der Waals surface area contributed by atoms with Crippen molar-refractivity contribution in [3.8, 4) is 16.2 Å². The lowest BCUT2D eigenvalue weighted by atomic mass is 9.98. The van der Waals surface area contributed by atoms with E-state index in [4.69, 9.17) is 15.5 Å². The van der Waals surface area contributed by atoms with E-state index < -0.39 is 0 Å². The highest BCUT2D eigenvalue weighted by atomic mass is 127. The van der Waals surface area contributed by atoms with Gasteiger partial charge in [-0.3, -0.25) is 0 Å². The third kappa shape index (κ3) is 4.64. The van der Waals surface area contributed by atoms with Crippen LogP contribution in [0.25, 0.3) is 10.4 Å². The lowest BCUT2D eigenvalue weighted by Crippen LogP contribution is -2.29. The smallest absolute Gasteiger partial charge is 0.166 e. The molecule has 0 atom stereocenters. The number of thiazole rings is 1. The minimum absolute atomic E-state index is 0.412. The Balaban J connectivity index is 1.49. The highest BCUT2D eigenvalue weighted by Crippen LogP contribution is 2.36. The van der Waals surface area contributed by atoms with Crippen LogP contribution in [-0.2, 0) is 6.61 Å². The van der Waals surface area contributed by atoms with Gasteiger partial charge in [0.2, 0.25) is 0 Å². The van der Waals surface area contributed by atoms with Crippen LogP contribution in [0.5, 0.6) is 5.75 Å². The molecule has 3 heterocycles. The van der Waals surface area contributed by atoms with E-state index in [-0.39, 0.29) is 0 Å². The molecule has 7 heteroatoms. The molecular weight excluding hydrogens is 483 g/mol. The molecule has 0 bridgehead atoms. The Morgan fingerprint density at radius 1 is 1.21 bits per heavy atom. The van der Waals surface area contributed by atoms with Gasteiger partial charge in [-0.25, -0.2) is 9.97 Å². The molecule has 5 nitrogen and oxygen atoms in total. The third-order valence-electron chi connectivity index (χ3n) is 5.04. The third-order valence-corrected chi connectivity index (χ3v) is 6.92. The number of halogens is 1. The summed E-state index contributed by atoms with van der Waals surface area (Å²) in [4.78, 5) is 12.5. The van der Waals surface area contributed by atoms with E-state index in [9.17, 15) is 0 Å². The second kappa shape index (κ2) is 8.75. The highest BCUT2D eigenvalue weighted by Gasteiger charge is 2.21. The summed E-state index contributed by atoms with van der Waals surface area (Å²) < 4.78 is 7.15. The maximum absolute atomic E-state index is 6.04. The van der Waals surface area contributed by atoms with Crippen LogP contribution < -0.4 is 10.5 Å². The average molecular weight is 506 g/mol. The summed E-state index contributed by atoms with van der Waals surface area (Å²) in [5, 5.41) is 1.22. The molecular formula is C21H23IN4OS. The molecule has 28 heavy (non-hydrogen) atoms. The molecule has 1 aromatic carbocycles. The first kappa shape index (κ1) is 19.6. The van der Waals surface area contributed by atoms with Crippen molar-refractivity contribution in [2.75, 3.05) is 25.9 Å². The number of nitrogens with zero attached hydrogens (tertiary/aromatic N) is 3. The van der Waals surface area contributed by atoms with Crippen LogP contribution in [0.2, 0.25) is 0 Å². The van der Waals surface area contributed by atoms with E-state index in [0.29, 0.717) is 24.1 Å². The molecule has 0 saturated carbocycles. The molecule has 1 saturated heterocycles. The highest BCUT2D eigenvalue weighted by molar-refractivity contribution is 14.1. The molecule has 1 fully saturated rings. The van der Waals surface area contributed by atoms with E-state index >= 15 is 0 Å². The summed E-state index contributed by atoms with van der Waals surface area (Å²) in [7, 11) is 2.18. The van der Waals surface area contributed by atoms with E-state index in [0.717, 1.165) is 29.1 Å². The molecule has 146 valence electrons. The van der Waals surface area contributed by atoms with E-state index in [1.165, 1.54) is 21.4 Å². The number of hydrogen-bond acceptors (Lipinski definition) is 6. The maximum Gasteiger partial charge on any atom is 0.166 e. The van der Waals surface area contributed by atoms with Crippen LogP contribution in [0.4, 0.5) is 5.82 Å². The zero-order valence-electron chi connectivity index (χ0n) is 15.8. The molecule has 1 aliphatic heterocycles. The van der Waals surface area contributed by atoms with Crippen molar-refractivity contribution in [2.24, 2.45) is 0 Å². The van der Waals surface area contributed by atoms with Gasteiger partial charge in [-0.1, -0.05) is 12.1 Å². The van der Waals surface area contributed by atoms with Gasteiger partial charge >= 0.3 is 0 Å². The number of anilines is 1. The largest absolute Gasteiger partial charge is 0.485 e. The minimum atomic E-state index is 0.412. The monoisotopic (exact) mass is 506 g/mol. The molecule has 1 aliphatic rings. The van der Waals surface area contributed by atoms with Gasteiger partial charge in [0.15, 0.2) is 11.6 Å². The summed E-state index contributed by atoms with van der Waals surface area (Å²) in [6.45, 7) is 2.74. The Hall–Kier alpha value is -1.71. The fourth-order valence-corrected chi connectivity index (χ4v) is 5.03. The Kier molecular flexibility index (Phi) is 6.13. The molecule has 0 spiro atoms. The Labute approximate surface area is 183 Å². The summed E-state index contributed by atoms with van der Waals surface area (Å²) in [5.41, 5.74) is 8.16. The fourth-order valence-electron chi connectivity index (χ4n) is 3.36. The van der Waals surface area contributed by atoms with Crippen LogP contribution in [0, 0.1) is 3.57 Å². The minimum Gasteiger partial charge on any atom is -0.485 e. The molecule has 2 N–H and O–H groups in total. The predicted molar refractivity (Wildman–Crippen MR) is 123 cm³/mol. The number of rotatable bonds is 5. The van der Waals surface area contributed by atoms with Crippen molar-refractivity contribution in [1.82, 2.24) is 14.9 Å². The van der Waals surface area contributed by atoms with Crippen molar-refractivity contribution >= 4 is 39.7 Å². The van der Waals surface area contributed by atoms with E-state index in [1.807, 2.05) is 24.4 Å². The number of nitrogen functional groups attached to an aromatic ring is 1. The molecule has 0 amide bonds. The lowest BCUT2D eigenvalue weighted by Gasteiger charge is -2.27. The SMILES string of the molecule is CN1CCC(c2ncc(-c3cnc(N)c(OCc4cccc(I)c4)c3)s2)CC1. The number of likely N-dealkylation sites (tertiary alicyclic amines) is 1. The van der Waals surface area contributed by atoms with Crippen LogP contribution in [0.1, 0.15) is 29.3 Å². The van der Waals surface area contributed by atoms with Gasteiger partial charge in [-0.05, 0) is 79.3 Å². The van der Waals surface area contributed by atoms with Gasteiger partial charge in [0.25, 0.3) is 0 Å². The fraction of sp³-hybridized carbons (Fsp3) is 0.333. The number of ether oxygens (including phenoxy) is 1. The number of pyridine rings is 1. The van der Waals surface area contributed by atoms with E-state index in [2.05, 4.69) is 51.7 Å². The predicted octanol–water partition coefficient (Wildman–Crippen LogP) is 4.78. The van der Waals surface area contributed by atoms with Crippen molar-refractivity contribution < 1.29 is 4.74 Å². The molecule has 4 rings (SSSR count). The first-order valence-corrected chi connectivity index (χ1v) is 11.3. The average Bonchev–Trinajstić information content (AvgIpc) is 3.18. The summed E-state index contributed by atoms with van der Waals surface area (Å²) in [6, 6.07) is 10.2. The summed E-state index contributed by atoms with van der Waals surface area (Å²) in [5.74, 6) is 1.59. The van der Waals surface area contributed by atoms with Crippen LogP contribution in [0.15, 0.2) is 42.7 Å². The number of nitrogens with two attached hydrogens (primary N) is 1. The Bertz CT molecular complexity index is 953. The topological polar surface area (TPSA) is 64.3 Å². The molecule has 3 aromatic rings. The number of piperidine rings is 1. The van der Waals surface area contributed by atoms with Crippen LogP contribution in [-0.4, -0.2) is 35.0 Å². The van der Waals surface area contributed by atoms with E-state index in [1.54, 1.807) is 17.5 Å². The number of hydrogen-bond donors (Lipinski definition) is 1. The van der Waals surface area contributed by atoms with Gasteiger partial charge in [0.1, 0.15) is 6.61 Å². The first-order chi connectivity index (χ1) is 13.6.